The number of benzene rings is 2. The number of allylic oxidation sites excluding steroid dienone is 2. The number of carboxylic acids is 1. The quantitative estimate of drug-likeness (QED) is 0.809. The van der Waals surface area contributed by atoms with Gasteiger partial charge in [-0.3, -0.25) is 0 Å². The summed E-state index contributed by atoms with van der Waals surface area (Å²) in [5.74, 6) is -3.15. The number of halogens is 2. The molecular formula is C19H15F2NO2. The van der Waals surface area contributed by atoms with Crippen LogP contribution < -0.4 is 0 Å². The third-order valence-electron chi connectivity index (χ3n) is 3.64. The van der Waals surface area contributed by atoms with Crippen molar-refractivity contribution in [3.63, 3.8) is 0 Å². The Morgan fingerprint density at radius 1 is 1.29 bits per heavy atom. The zero-order valence-corrected chi connectivity index (χ0v) is 13.0. The van der Waals surface area contributed by atoms with E-state index < -0.39 is 23.2 Å². The van der Waals surface area contributed by atoms with Crippen LogP contribution in [-0.4, -0.2) is 11.1 Å². The number of hydrogen-bond donors (Lipinski definition) is 1. The topological polar surface area (TPSA) is 61.1 Å². The van der Waals surface area contributed by atoms with Gasteiger partial charge in [-0.25, -0.2) is 13.6 Å². The fraction of sp³-hybridized carbons (Fsp3) is 0.158. The van der Waals surface area contributed by atoms with E-state index in [0.29, 0.717) is 12.0 Å². The highest BCUT2D eigenvalue weighted by Crippen LogP contribution is 2.32. The fourth-order valence-corrected chi connectivity index (χ4v) is 2.45. The van der Waals surface area contributed by atoms with Crippen molar-refractivity contribution in [3.8, 4) is 17.2 Å². The SMILES string of the molecule is CC=CCCc1c(F)cc(C(=O)O)c(-c2ccc(C#N)cc2)c1F. The normalized spacial score (nSPS) is 10.8. The minimum Gasteiger partial charge on any atom is -0.478 e. The van der Waals surface area contributed by atoms with E-state index in [9.17, 15) is 18.7 Å². The fourth-order valence-electron chi connectivity index (χ4n) is 2.45. The number of nitriles is 1. The monoisotopic (exact) mass is 327 g/mol. The lowest BCUT2D eigenvalue weighted by Gasteiger charge is -2.13. The Hall–Kier alpha value is -3.00. The molecule has 2 aromatic rings. The van der Waals surface area contributed by atoms with E-state index in [-0.39, 0.29) is 23.1 Å². The summed E-state index contributed by atoms with van der Waals surface area (Å²) >= 11 is 0. The Bertz CT molecular complexity index is 834. The van der Waals surface area contributed by atoms with Crippen LogP contribution in [0.15, 0.2) is 42.5 Å². The molecule has 122 valence electrons. The smallest absolute Gasteiger partial charge is 0.336 e. The van der Waals surface area contributed by atoms with Crippen LogP contribution in [0.4, 0.5) is 8.78 Å². The van der Waals surface area contributed by atoms with Crippen LogP contribution in [0, 0.1) is 23.0 Å². The van der Waals surface area contributed by atoms with Crippen molar-refractivity contribution < 1.29 is 18.7 Å². The van der Waals surface area contributed by atoms with Crippen molar-refractivity contribution in [3.05, 3.63) is 70.8 Å². The van der Waals surface area contributed by atoms with Crippen LogP contribution in [0.1, 0.15) is 34.8 Å². The Morgan fingerprint density at radius 3 is 2.50 bits per heavy atom. The van der Waals surface area contributed by atoms with Crippen molar-refractivity contribution in [2.24, 2.45) is 0 Å². The first kappa shape index (κ1) is 17.4. The number of carboxylic acid groups (broad SMARTS) is 1. The maximum atomic E-state index is 14.9. The molecule has 3 nitrogen and oxygen atoms in total. The van der Waals surface area contributed by atoms with Crippen molar-refractivity contribution in [2.75, 3.05) is 0 Å². The van der Waals surface area contributed by atoms with E-state index in [4.69, 9.17) is 5.26 Å². The Kier molecular flexibility index (Phi) is 5.43. The molecule has 1 N–H and O–H groups in total. The molecule has 0 radical (unpaired) electrons. The Morgan fingerprint density at radius 2 is 1.96 bits per heavy atom. The maximum Gasteiger partial charge on any atom is 0.336 e. The van der Waals surface area contributed by atoms with Crippen LogP contribution in [-0.2, 0) is 6.42 Å². The summed E-state index contributed by atoms with van der Waals surface area (Å²) in [6.45, 7) is 1.81. The van der Waals surface area contributed by atoms with Gasteiger partial charge in [0.25, 0.3) is 0 Å². The van der Waals surface area contributed by atoms with Crippen molar-refractivity contribution in [1.29, 1.82) is 5.26 Å². The molecule has 0 atom stereocenters. The van der Waals surface area contributed by atoms with Crippen LogP contribution in [0.3, 0.4) is 0 Å². The highest BCUT2D eigenvalue weighted by atomic mass is 19.1. The lowest BCUT2D eigenvalue weighted by molar-refractivity contribution is 0.0696. The highest BCUT2D eigenvalue weighted by molar-refractivity contribution is 5.96. The maximum absolute atomic E-state index is 14.9. The molecule has 0 spiro atoms. The van der Waals surface area contributed by atoms with Gasteiger partial charge in [0.1, 0.15) is 11.6 Å². The number of nitrogens with zero attached hydrogens (tertiary/aromatic N) is 1. The molecule has 0 saturated carbocycles. The molecule has 24 heavy (non-hydrogen) atoms. The largest absolute Gasteiger partial charge is 0.478 e. The standard InChI is InChI=1S/C19H15F2NO2/c1-2-3-4-5-14-16(20)10-15(19(23)24)17(18(14)21)13-8-6-12(11-22)7-9-13/h2-3,6-10H,4-5H2,1H3,(H,23,24). The Labute approximate surface area is 138 Å². The number of rotatable bonds is 5. The highest BCUT2D eigenvalue weighted by Gasteiger charge is 2.23. The molecule has 0 aliphatic carbocycles. The molecular weight excluding hydrogens is 312 g/mol. The summed E-state index contributed by atoms with van der Waals surface area (Å²) in [7, 11) is 0. The van der Waals surface area contributed by atoms with Gasteiger partial charge in [0.2, 0.25) is 0 Å². The average Bonchev–Trinajstić information content (AvgIpc) is 2.57. The molecule has 2 rings (SSSR count). The molecule has 5 heteroatoms. The van der Waals surface area contributed by atoms with Gasteiger partial charge in [0.15, 0.2) is 0 Å². The van der Waals surface area contributed by atoms with Crippen LogP contribution in [0.5, 0.6) is 0 Å². The van der Waals surface area contributed by atoms with Gasteiger partial charge in [-0.1, -0.05) is 24.3 Å². The first-order valence-corrected chi connectivity index (χ1v) is 7.35. The molecule has 0 aromatic heterocycles. The van der Waals surface area contributed by atoms with E-state index in [2.05, 4.69) is 0 Å². The second-order valence-electron chi connectivity index (χ2n) is 5.18. The van der Waals surface area contributed by atoms with Crippen molar-refractivity contribution in [1.82, 2.24) is 0 Å². The molecule has 0 aliphatic heterocycles. The number of aromatic carboxylic acids is 1. The third-order valence-corrected chi connectivity index (χ3v) is 3.64. The van der Waals surface area contributed by atoms with E-state index in [0.717, 1.165) is 6.07 Å². The minimum absolute atomic E-state index is 0.130. The zero-order valence-electron chi connectivity index (χ0n) is 13.0. The summed E-state index contributed by atoms with van der Waals surface area (Å²) in [6, 6.07) is 8.62. The van der Waals surface area contributed by atoms with Crippen molar-refractivity contribution >= 4 is 5.97 Å². The lowest BCUT2D eigenvalue weighted by atomic mass is 9.93. The summed E-state index contributed by atoms with van der Waals surface area (Å²) < 4.78 is 29.0. The summed E-state index contributed by atoms with van der Waals surface area (Å²) in [5, 5.41) is 18.1. The van der Waals surface area contributed by atoms with Gasteiger partial charge in [0.05, 0.1) is 17.2 Å². The van der Waals surface area contributed by atoms with E-state index in [1.165, 1.54) is 24.3 Å². The van der Waals surface area contributed by atoms with Crippen LogP contribution in [0.2, 0.25) is 0 Å². The summed E-state index contributed by atoms with van der Waals surface area (Å²) in [4.78, 5) is 11.4. The van der Waals surface area contributed by atoms with Crippen LogP contribution in [0.25, 0.3) is 11.1 Å². The Balaban J connectivity index is 2.63. The second-order valence-corrected chi connectivity index (χ2v) is 5.18. The van der Waals surface area contributed by atoms with Gasteiger partial charge in [-0.15, -0.1) is 0 Å². The predicted octanol–water partition coefficient (Wildman–Crippen LogP) is 4.71. The van der Waals surface area contributed by atoms with Gasteiger partial charge in [-0.05, 0) is 43.5 Å². The average molecular weight is 327 g/mol. The van der Waals surface area contributed by atoms with Crippen LogP contribution >= 0.6 is 0 Å². The number of hydrogen-bond acceptors (Lipinski definition) is 2. The van der Waals surface area contributed by atoms with E-state index in [1.807, 2.05) is 13.0 Å². The molecule has 0 aliphatic rings. The summed E-state index contributed by atoms with van der Waals surface area (Å²) in [6.07, 6.45) is 4.14. The molecule has 0 heterocycles. The van der Waals surface area contributed by atoms with Gasteiger partial charge < -0.3 is 5.11 Å². The van der Waals surface area contributed by atoms with Gasteiger partial charge in [0, 0.05) is 11.1 Å². The van der Waals surface area contributed by atoms with E-state index in [1.54, 1.807) is 12.2 Å². The van der Waals surface area contributed by atoms with Gasteiger partial charge >= 0.3 is 5.97 Å². The lowest BCUT2D eigenvalue weighted by Crippen LogP contribution is -2.07. The van der Waals surface area contributed by atoms with Gasteiger partial charge in [-0.2, -0.15) is 5.26 Å². The first-order chi connectivity index (χ1) is 11.5. The number of carbonyl (C=O) groups is 1. The molecule has 2 aromatic carbocycles. The molecule has 0 amide bonds. The molecule has 0 unspecified atom stereocenters. The first-order valence-electron chi connectivity index (χ1n) is 7.35. The minimum atomic E-state index is -1.41. The second kappa shape index (κ2) is 7.51. The van der Waals surface area contributed by atoms with Crippen molar-refractivity contribution in [2.45, 2.75) is 19.8 Å². The molecule has 0 bridgehead atoms. The zero-order chi connectivity index (χ0) is 17.7. The third kappa shape index (κ3) is 3.49. The predicted molar refractivity (Wildman–Crippen MR) is 86.6 cm³/mol. The van der Waals surface area contributed by atoms with E-state index >= 15 is 0 Å². The molecule has 0 fully saturated rings. The molecule has 0 saturated heterocycles. The summed E-state index contributed by atoms with van der Waals surface area (Å²) in [5.41, 5.74) is -0.0894.